The van der Waals surface area contributed by atoms with Crippen molar-refractivity contribution in [1.29, 1.82) is 0 Å². The van der Waals surface area contributed by atoms with Gasteiger partial charge in [-0.1, -0.05) is 42.5 Å². The van der Waals surface area contributed by atoms with Gasteiger partial charge in [-0.15, -0.1) is 0 Å². The summed E-state index contributed by atoms with van der Waals surface area (Å²) >= 11 is 0. The molecule has 7 nitrogen and oxygen atoms in total. The zero-order chi connectivity index (χ0) is 23.0. The van der Waals surface area contributed by atoms with Gasteiger partial charge in [-0.3, -0.25) is 19.4 Å². The van der Waals surface area contributed by atoms with Crippen LogP contribution in [-0.2, 0) is 9.59 Å². The van der Waals surface area contributed by atoms with Crippen LogP contribution >= 0.6 is 0 Å². The standard InChI is InChI=1S/C26H34N4O3/c1-2-33-23-13-7-6-12-22(23)27-26(32)25(21-10-4-3-5-11-21)30-18-16-28(17-19-30)20-24(31)29-14-8-9-15-29/h3-7,10-13,25H,2,8-9,14-20H2,1H3,(H,27,32). The fraction of sp³-hybridized carbons (Fsp3) is 0.462. The highest BCUT2D eigenvalue weighted by atomic mass is 16.5. The summed E-state index contributed by atoms with van der Waals surface area (Å²) in [4.78, 5) is 32.5. The molecule has 2 aliphatic rings. The summed E-state index contributed by atoms with van der Waals surface area (Å²) in [5, 5.41) is 3.09. The maximum Gasteiger partial charge on any atom is 0.246 e. The Labute approximate surface area is 196 Å². The Morgan fingerprint density at radius 3 is 2.27 bits per heavy atom. The quantitative estimate of drug-likeness (QED) is 0.670. The Morgan fingerprint density at radius 2 is 1.58 bits per heavy atom. The molecule has 0 aliphatic carbocycles. The van der Waals surface area contributed by atoms with Gasteiger partial charge in [0.2, 0.25) is 11.8 Å². The summed E-state index contributed by atoms with van der Waals surface area (Å²) in [7, 11) is 0. The summed E-state index contributed by atoms with van der Waals surface area (Å²) in [5.74, 6) is 0.825. The Hall–Kier alpha value is -2.90. The van der Waals surface area contributed by atoms with Gasteiger partial charge in [-0.2, -0.15) is 0 Å². The number of likely N-dealkylation sites (tertiary alicyclic amines) is 1. The fourth-order valence-corrected chi connectivity index (χ4v) is 4.65. The van der Waals surface area contributed by atoms with Gasteiger partial charge in [0.1, 0.15) is 11.8 Å². The highest BCUT2D eigenvalue weighted by molar-refractivity contribution is 5.96. The van der Waals surface area contributed by atoms with Crippen LogP contribution in [0.25, 0.3) is 0 Å². The van der Waals surface area contributed by atoms with Crippen LogP contribution in [0.5, 0.6) is 5.75 Å². The van der Waals surface area contributed by atoms with E-state index in [4.69, 9.17) is 4.74 Å². The number of anilines is 1. The molecule has 7 heteroatoms. The molecule has 0 bridgehead atoms. The lowest BCUT2D eigenvalue weighted by Crippen LogP contribution is -2.52. The Kier molecular flexibility index (Phi) is 7.96. The van der Waals surface area contributed by atoms with Crippen molar-refractivity contribution in [3.8, 4) is 5.75 Å². The minimum atomic E-state index is -0.405. The number of amides is 2. The Balaban J connectivity index is 1.43. The van der Waals surface area contributed by atoms with E-state index in [-0.39, 0.29) is 11.8 Å². The van der Waals surface area contributed by atoms with E-state index in [1.807, 2.05) is 66.4 Å². The first kappa shape index (κ1) is 23.3. The van der Waals surface area contributed by atoms with Crippen molar-refractivity contribution in [3.63, 3.8) is 0 Å². The molecule has 1 N–H and O–H groups in total. The van der Waals surface area contributed by atoms with Crippen LogP contribution in [0.2, 0.25) is 0 Å². The summed E-state index contributed by atoms with van der Waals surface area (Å²) in [6.07, 6.45) is 2.22. The van der Waals surface area contributed by atoms with Gasteiger partial charge >= 0.3 is 0 Å². The number of ether oxygens (including phenoxy) is 1. The minimum absolute atomic E-state index is 0.0741. The second-order valence-corrected chi connectivity index (χ2v) is 8.63. The third kappa shape index (κ3) is 5.92. The smallest absolute Gasteiger partial charge is 0.246 e. The van der Waals surface area contributed by atoms with Crippen molar-refractivity contribution in [1.82, 2.24) is 14.7 Å². The molecule has 0 saturated carbocycles. The predicted molar refractivity (Wildman–Crippen MR) is 129 cm³/mol. The number of carbonyl (C=O) groups excluding carboxylic acids is 2. The van der Waals surface area contributed by atoms with Crippen molar-refractivity contribution >= 4 is 17.5 Å². The van der Waals surface area contributed by atoms with E-state index in [0.717, 1.165) is 57.7 Å². The monoisotopic (exact) mass is 450 g/mol. The first-order chi connectivity index (χ1) is 16.2. The molecule has 0 spiro atoms. The Morgan fingerprint density at radius 1 is 0.909 bits per heavy atom. The zero-order valence-corrected chi connectivity index (χ0v) is 19.4. The number of carbonyl (C=O) groups is 2. The average Bonchev–Trinajstić information content (AvgIpc) is 3.38. The van der Waals surface area contributed by atoms with Gasteiger partial charge in [-0.05, 0) is 37.5 Å². The molecule has 1 atom stereocenters. The van der Waals surface area contributed by atoms with Crippen molar-refractivity contribution in [3.05, 3.63) is 60.2 Å². The van der Waals surface area contributed by atoms with E-state index in [1.165, 1.54) is 0 Å². The van der Waals surface area contributed by atoms with Gasteiger partial charge in [0.25, 0.3) is 0 Å². The van der Waals surface area contributed by atoms with Crippen LogP contribution in [0, 0.1) is 0 Å². The van der Waals surface area contributed by atoms with Crippen molar-refractivity contribution in [2.75, 3.05) is 57.7 Å². The van der Waals surface area contributed by atoms with Crippen molar-refractivity contribution in [2.45, 2.75) is 25.8 Å². The number of hydrogen-bond acceptors (Lipinski definition) is 5. The van der Waals surface area contributed by atoms with E-state index in [0.29, 0.717) is 24.6 Å². The number of nitrogens with zero attached hydrogens (tertiary/aromatic N) is 3. The van der Waals surface area contributed by atoms with Crippen LogP contribution in [0.1, 0.15) is 31.4 Å². The topological polar surface area (TPSA) is 65.1 Å². The fourth-order valence-electron chi connectivity index (χ4n) is 4.65. The van der Waals surface area contributed by atoms with Gasteiger partial charge < -0.3 is 15.0 Å². The number of benzene rings is 2. The third-order valence-electron chi connectivity index (χ3n) is 6.40. The maximum absolute atomic E-state index is 13.5. The molecule has 2 aliphatic heterocycles. The number of para-hydroxylation sites is 2. The first-order valence-electron chi connectivity index (χ1n) is 12.0. The van der Waals surface area contributed by atoms with E-state index in [9.17, 15) is 9.59 Å². The molecule has 33 heavy (non-hydrogen) atoms. The number of piperazine rings is 1. The van der Waals surface area contributed by atoms with Crippen LogP contribution in [0.15, 0.2) is 54.6 Å². The number of hydrogen-bond donors (Lipinski definition) is 1. The molecule has 0 radical (unpaired) electrons. The molecule has 0 aromatic heterocycles. The molecule has 2 aromatic carbocycles. The molecular weight excluding hydrogens is 416 g/mol. The molecule has 2 heterocycles. The van der Waals surface area contributed by atoms with Crippen LogP contribution < -0.4 is 10.1 Å². The average molecular weight is 451 g/mol. The number of nitrogens with one attached hydrogen (secondary N) is 1. The summed E-state index contributed by atoms with van der Waals surface area (Å²) in [6.45, 7) is 7.71. The van der Waals surface area contributed by atoms with Crippen molar-refractivity contribution < 1.29 is 14.3 Å². The lowest BCUT2D eigenvalue weighted by molar-refractivity contribution is -0.132. The Bertz CT molecular complexity index is 922. The zero-order valence-electron chi connectivity index (χ0n) is 19.4. The SMILES string of the molecule is CCOc1ccccc1NC(=O)C(c1ccccc1)N1CCN(CC(=O)N2CCCC2)CC1. The lowest BCUT2D eigenvalue weighted by atomic mass is 10.0. The van der Waals surface area contributed by atoms with Crippen LogP contribution in [0.3, 0.4) is 0 Å². The molecule has 2 amide bonds. The summed E-state index contributed by atoms with van der Waals surface area (Å²) in [5.41, 5.74) is 1.64. The number of rotatable bonds is 8. The largest absolute Gasteiger partial charge is 0.492 e. The van der Waals surface area contributed by atoms with Gasteiger partial charge in [-0.25, -0.2) is 0 Å². The van der Waals surface area contributed by atoms with E-state index >= 15 is 0 Å². The highest BCUT2D eigenvalue weighted by Crippen LogP contribution is 2.28. The van der Waals surface area contributed by atoms with Gasteiger partial charge in [0.15, 0.2) is 0 Å². The molecule has 1 unspecified atom stereocenters. The minimum Gasteiger partial charge on any atom is -0.492 e. The highest BCUT2D eigenvalue weighted by Gasteiger charge is 2.32. The second-order valence-electron chi connectivity index (χ2n) is 8.63. The molecule has 2 saturated heterocycles. The van der Waals surface area contributed by atoms with Crippen LogP contribution in [0.4, 0.5) is 5.69 Å². The van der Waals surface area contributed by atoms with Crippen LogP contribution in [-0.4, -0.2) is 78.9 Å². The van der Waals surface area contributed by atoms with Crippen molar-refractivity contribution in [2.24, 2.45) is 0 Å². The summed E-state index contributed by atoms with van der Waals surface area (Å²) < 4.78 is 5.69. The van der Waals surface area contributed by atoms with E-state index in [1.54, 1.807) is 0 Å². The normalized spacial score (nSPS) is 18.2. The van der Waals surface area contributed by atoms with Gasteiger partial charge in [0.05, 0.1) is 18.8 Å². The lowest BCUT2D eigenvalue weighted by Gasteiger charge is -2.39. The first-order valence-corrected chi connectivity index (χ1v) is 12.0. The molecule has 176 valence electrons. The van der Waals surface area contributed by atoms with E-state index < -0.39 is 6.04 Å². The second kappa shape index (κ2) is 11.3. The maximum atomic E-state index is 13.5. The predicted octanol–water partition coefficient (Wildman–Crippen LogP) is 3.01. The molecular formula is C26H34N4O3. The third-order valence-corrected chi connectivity index (χ3v) is 6.40. The molecule has 2 aromatic rings. The van der Waals surface area contributed by atoms with Gasteiger partial charge in [0, 0.05) is 39.3 Å². The molecule has 4 rings (SSSR count). The summed E-state index contributed by atoms with van der Waals surface area (Å²) in [6, 6.07) is 17.0. The van der Waals surface area contributed by atoms with E-state index in [2.05, 4.69) is 15.1 Å². The molecule has 2 fully saturated rings.